The summed E-state index contributed by atoms with van der Waals surface area (Å²) in [4.78, 5) is 24.7. The zero-order valence-corrected chi connectivity index (χ0v) is 14.2. The second kappa shape index (κ2) is 7.47. The van der Waals surface area contributed by atoms with Crippen LogP contribution in [0.15, 0.2) is 42.5 Å². The van der Waals surface area contributed by atoms with Gasteiger partial charge in [-0.25, -0.2) is 14.5 Å². The summed E-state index contributed by atoms with van der Waals surface area (Å²) >= 11 is 0. The van der Waals surface area contributed by atoms with Crippen molar-refractivity contribution in [3.8, 4) is 0 Å². The van der Waals surface area contributed by atoms with E-state index in [0.29, 0.717) is 11.3 Å². The molecule has 4 amide bonds. The van der Waals surface area contributed by atoms with Gasteiger partial charge in [0.05, 0.1) is 12.1 Å². The Morgan fingerprint density at radius 2 is 1.58 bits per heavy atom. The largest absolute Gasteiger partial charge is 0.416 e. The molecule has 0 aliphatic rings. The smallest absolute Gasteiger partial charge is 0.351 e. The van der Waals surface area contributed by atoms with Gasteiger partial charge in [-0.3, -0.25) is 0 Å². The second-order valence-electron chi connectivity index (χ2n) is 5.93. The number of benzene rings is 2. The van der Waals surface area contributed by atoms with Gasteiger partial charge in [0.15, 0.2) is 0 Å². The zero-order valence-electron chi connectivity index (χ0n) is 14.2. The number of urea groups is 2. The average Bonchev–Trinajstić information content (AvgIpc) is 2.50. The molecule has 26 heavy (non-hydrogen) atoms. The number of nitrogens with zero attached hydrogens (tertiary/aromatic N) is 1. The van der Waals surface area contributed by atoms with E-state index in [4.69, 9.17) is 5.73 Å². The molecule has 3 N–H and O–H groups in total. The Balaban J connectivity index is 2.15. The molecule has 5 nitrogen and oxygen atoms in total. The van der Waals surface area contributed by atoms with Crippen LogP contribution < -0.4 is 11.1 Å². The molecule has 0 aromatic heterocycles. The molecule has 138 valence electrons. The van der Waals surface area contributed by atoms with E-state index in [1.165, 1.54) is 12.1 Å². The van der Waals surface area contributed by atoms with E-state index in [-0.39, 0.29) is 6.54 Å². The minimum atomic E-state index is -4.46. The summed E-state index contributed by atoms with van der Waals surface area (Å²) in [5.41, 5.74) is 7.11. The number of aryl methyl sites for hydroxylation is 2. The molecule has 0 fully saturated rings. The first-order chi connectivity index (χ1) is 12.1. The summed E-state index contributed by atoms with van der Waals surface area (Å²) < 4.78 is 37.8. The van der Waals surface area contributed by atoms with Crippen LogP contribution in [-0.2, 0) is 12.7 Å². The van der Waals surface area contributed by atoms with E-state index < -0.39 is 23.8 Å². The van der Waals surface area contributed by atoms with Crippen LogP contribution in [0.4, 0.5) is 28.4 Å². The summed E-state index contributed by atoms with van der Waals surface area (Å²) in [6, 6.07) is 7.76. The van der Waals surface area contributed by atoms with Gasteiger partial charge in [-0.2, -0.15) is 13.2 Å². The minimum absolute atomic E-state index is 0.246. The van der Waals surface area contributed by atoms with Crippen molar-refractivity contribution in [3.05, 3.63) is 64.7 Å². The van der Waals surface area contributed by atoms with Crippen LogP contribution in [0.5, 0.6) is 0 Å². The average molecular weight is 365 g/mol. The first-order valence-corrected chi connectivity index (χ1v) is 7.68. The van der Waals surface area contributed by atoms with Gasteiger partial charge in [0.1, 0.15) is 0 Å². The van der Waals surface area contributed by atoms with Crippen LogP contribution in [0.2, 0.25) is 0 Å². The lowest BCUT2D eigenvalue weighted by Crippen LogP contribution is -2.42. The highest BCUT2D eigenvalue weighted by Gasteiger charge is 2.30. The monoisotopic (exact) mass is 365 g/mol. The highest BCUT2D eigenvalue weighted by Crippen LogP contribution is 2.29. The zero-order chi connectivity index (χ0) is 19.5. The van der Waals surface area contributed by atoms with Crippen molar-refractivity contribution in [1.82, 2.24) is 4.90 Å². The van der Waals surface area contributed by atoms with Crippen molar-refractivity contribution < 1.29 is 22.8 Å². The van der Waals surface area contributed by atoms with Crippen LogP contribution in [0.25, 0.3) is 0 Å². The van der Waals surface area contributed by atoms with Gasteiger partial charge < -0.3 is 11.1 Å². The number of imide groups is 1. The number of anilines is 1. The molecule has 0 spiro atoms. The van der Waals surface area contributed by atoms with Gasteiger partial charge in [-0.15, -0.1) is 0 Å². The van der Waals surface area contributed by atoms with Gasteiger partial charge in [-0.1, -0.05) is 18.2 Å². The van der Waals surface area contributed by atoms with Crippen LogP contribution in [0, 0.1) is 13.8 Å². The van der Waals surface area contributed by atoms with Gasteiger partial charge >= 0.3 is 18.2 Å². The van der Waals surface area contributed by atoms with Gasteiger partial charge in [0.25, 0.3) is 0 Å². The molecule has 0 saturated carbocycles. The van der Waals surface area contributed by atoms with E-state index in [9.17, 15) is 22.8 Å². The third kappa shape index (κ3) is 4.98. The molecule has 0 saturated heterocycles. The molecule has 2 rings (SSSR count). The van der Waals surface area contributed by atoms with Crippen molar-refractivity contribution in [2.75, 3.05) is 5.32 Å². The van der Waals surface area contributed by atoms with Crippen LogP contribution in [0.3, 0.4) is 0 Å². The summed E-state index contributed by atoms with van der Waals surface area (Å²) in [6.45, 7) is 3.47. The SMILES string of the molecule is Cc1cc(C)cc(NC(=O)N(Cc2ccc(C(F)(F)F)cc2)C(N)=O)c1. The molecule has 2 aromatic rings. The molecular formula is C18H18F3N3O2. The summed E-state index contributed by atoms with van der Waals surface area (Å²) in [7, 11) is 0. The Kier molecular flexibility index (Phi) is 5.54. The summed E-state index contributed by atoms with van der Waals surface area (Å²) in [5, 5.41) is 2.57. The normalized spacial score (nSPS) is 11.1. The quantitative estimate of drug-likeness (QED) is 0.844. The predicted octanol–water partition coefficient (Wildman–Crippen LogP) is 4.44. The van der Waals surface area contributed by atoms with Crippen LogP contribution >= 0.6 is 0 Å². The Morgan fingerprint density at radius 1 is 1.04 bits per heavy atom. The van der Waals surface area contributed by atoms with Crippen molar-refractivity contribution in [3.63, 3.8) is 0 Å². The maximum Gasteiger partial charge on any atom is 0.416 e. The number of nitrogens with two attached hydrogens (primary N) is 1. The Bertz CT molecular complexity index is 797. The Hall–Kier alpha value is -3.03. The first-order valence-electron chi connectivity index (χ1n) is 7.68. The van der Waals surface area contributed by atoms with E-state index >= 15 is 0 Å². The van der Waals surface area contributed by atoms with E-state index in [2.05, 4.69) is 5.32 Å². The molecule has 0 aliphatic carbocycles. The number of halogens is 3. The third-order valence-electron chi connectivity index (χ3n) is 3.61. The molecule has 0 atom stereocenters. The molecule has 8 heteroatoms. The molecule has 2 aromatic carbocycles. The van der Waals surface area contributed by atoms with Gasteiger partial charge in [0, 0.05) is 5.69 Å². The van der Waals surface area contributed by atoms with E-state index in [1.54, 1.807) is 12.1 Å². The summed E-state index contributed by atoms with van der Waals surface area (Å²) in [6.07, 6.45) is -4.46. The molecule has 0 aliphatic heterocycles. The Labute approximate surface area is 148 Å². The predicted molar refractivity (Wildman–Crippen MR) is 91.5 cm³/mol. The fourth-order valence-corrected chi connectivity index (χ4v) is 2.47. The number of nitrogens with one attached hydrogen (secondary N) is 1. The van der Waals surface area contributed by atoms with E-state index in [0.717, 1.165) is 28.2 Å². The number of primary amides is 1. The van der Waals surface area contributed by atoms with Gasteiger partial charge in [-0.05, 0) is 54.8 Å². The van der Waals surface area contributed by atoms with Gasteiger partial charge in [0.2, 0.25) is 0 Å². The van der Waals surface area contributed by atoms with Crippen LogP contribution in [-0.4, -0.2) is 17.0 Å². The van der Waals surface area contributed by atoms with E-state index in [1.807, 2.05) is 19.9 Å². The topological polar surface area (TPSA) is 75.4 Å². The van der Waals surface area contributed by atoms with Crippen LogP contribution in [0.1, 0.15) is 22.3 Å². The lowest BCUT2D eigenvalue weighted by Gasteiger charge is -2.20. The molecule has 0 heterocycles. The minimum Gasteiger partial charge on any atom is -0.351 e. The number of carbonyl (C=O) groups excluding carboxylic acids is 2. The fraction of sp³-hybridized carbons (Fsp3) is 0.222. The number of hydrogen-bond donors (Lipinski definition) is 2. The third-order valence-corrected chi connectivity index (χ3v) is 3.61. The first kappa shape index (κ1) is 19.3. The Morgan fingerprint density at radius 3 is 2.04 bits per heavy atom. The molecular weight excluding hydrogens is 347 g/mol. The maximum absolute atomic E-state index is 12.6. The van der Waals surface area contributed by atoms with Crippen molar-refractivity contribution in [2.45, 2.75) is 26.6 Å². The van der Waals surface area contributed by atoms with Crippen molar-refractivity contribution in [1.29, 1.82) is 0 Å². The highest BCUT2D eigenvalue weighted by molar-refractivity contribution is 6.00. The summed E-state index contributed by atoms with van der Waals surface area (Å²) in [5.74, 6) is 0. The highest BCUT2D eigenvalue weighted by atomic mass is 19.4. The van der Waals surface area contributed by atoms with Crippen molar-refractivity contribution >= 4 is 17.7 Å². The number of rotatable bonds is 3. The molecule has 0 unspecified atom stereocenters. The number of hydrogen-bond acceptors (Lipinski definition) is 2. The second-order valence-corrected chi connectivity index (χ2v) is 5.93. The van der Waals surface area contributed by atoms with Crippen molar-refractivity contribution in [2.24, 2.45) is 5.73 Å². The fourth-order valence-electron chi connectivity index (χ4n) is 2.47. The number of alkyl halides is 3. The standard InChI is InChI=1S/C18H18F3N3O2/c1-11-7-12(2)9-15(8-11)23-17(26)24(16(22)25)10-13-3-5-14(6-4-13)18(19,20)21/h3-9H,10H2,1-2H3,(H2,22,25)(H,23,26). The lowest BCUT2D eigenvalue weighted by molar-refractivity contribution is -0.137. The molecule has 0 radical (unpaired) electrons. The molecule has 0 bridgehead atoms. The number of amides is 4. The lowest BCUT2D eigenvalue weighted by atomic mass is 10.1. The number of carbonyl (C=O) groups is 2. The maximum atomic E-state index is 12.6.